The van der Waals surface area contributed by atoms with Crippen LogP contribution in [0.3, 0.4) is 0 Å². The van der Waals surface area contributed by atoms with Crippen LogP contribution in [0.25, 0.3) is 0 Å². The van der Waals surface area contributed by atoms with Crippen molar-refractivity contribution in [2.45, 2.75) is 20.6 Å². The molecule has 0 aliphatic rings. The van der Waals surface area contributed by atoms with E-state index in [4.69, 9.17) is 4.74 Å². The Bertz CT molecular complexity index is 325. The summed E-state index contributed by atoms with van der Waals surface area (Å²) >= 11 is -1.48. The Kier molecular flexibility index (Phi) is 5.11. The van der Waals surface area contributed by atoms with Crippen LogP contribution in [-0.2, 0) is 0 Å². The number of ether oxygens (including phenoxy) is 1. The second kappa shape index (κ2) is 6.12. The average Bonchev–Trinajstić information content (AvgIpc) is 2.17. The number of aliphatic hydroxyl groups excluding tert-OH is 1. The van der Waals surface area contributed by atoms with Crippen LogP contribution >= 0.6 is 0 Å². The van der Waals surface area contributed by atoms with Crippen LogP contribution in [0.4, 0.5) is 0 Å². The number of para-hydroxylation sites is 1. The zero-order chi connectivity index (χ0) is 11.3. The molecule has 1 atom stereocenters. The van der Waals surface area contributed by atoms with Gasteiger partial charge in [0.05, 0.1) is 0 Å². The second-order valence-electron chi connectivity index (χ2n) is 3.86. The van der Waals surface area contributed by atoms with E-state index in [1.165, 1.54) is 0 Å². The first kappa shape index (κ1) is 12.5. The number of rotatable bonds is 5. The Hall–Kier alpha value is -0.551. The van der Waals surface area contributed by atoms with Gasteiger partial charge in [0.15, 0.2) is 0 Å². The van der Waals surface area contributed by atoms with E-state index in [1.807, 2.05) is 0 Å². The predicted molar refractivity (Wildman–Crippen MR) is 62.1 cm³/mol. The summed E-state index contributed by atoms with van der Waals surface area (Å²) in [5, 5.41) is 9.61. The van der Waals surface area contributed by atoms with Crippen LogP contribution in [0.5, 0.6) is 5.75 Å². The van der Waals surface area contributed by atoms with Crippen molar-refractivity contribution in [3.63, 3.8) is 0 Å². The van der Waals surface area contributed by atoms with Crippen LogP contribution in [0, 0.1) is 0 Å². The normalized spacial score (nSPS) is 12.5. The predicted octanol–water partition coefficient (Wildman–Crippen LogP) is 1.68. The molecule has 1 unspecified atom stereocenters. The average molecular weight is 315 g/mol. The fraction of sp³-hybridized carbons (Fsp3) is 0.364. The first-order valence-electron chi connectivity index (χ1n) is 5.02. The van der Waals surface area contributed by atoms with Crippen LogP contribution in [0.1, 0.15) is 10.4 Å². The molecule has 0 aromatic heterocycles. The molecule has 0 spiro atoms. The van der Waals surface area contributed by atoms with Crippen molar-refractivity contribution in [3.8, 4) is 5.75 Å². The van der Waals surface area contributed by atoms with Crippen molar-refractivity contribution in [2.75, 3.05) is 0 Å². The fourth-order valence-corrected chi connectivity index (χ4v) is 3.86. The molecule has 0 fully saturated rings. The molecule has 0 saturated heterocycles. The summed E-state index contributed by atoms with van der Waals surface area (Å²) in [5.74, 6) is 0.465. The summed E-state index contributed by atoms with van der Waals surface area (Å²) in [6.07, 6.45) is -0.0253. The van der Waals surface area contributed by atoms with Crippen molar-refractivity contribution in [2.24, 2.45) is 0 Å². The molecule has 0 saturated carbocycles. The van der Waals surface area contributed by atoms with Gasteiger partial charge in [0.1, 0.15) is 0 Å². The third kappa shape index (κ3) is 4.22. The van der Waals surface area contributed by atoms with Crippen LogP contribution < -0.4 is 4.74 Å². The standard InChI is InChI=1S/C9H9O3.2CH3.Sn.H/c1-7(11)12-9-5-3-2-4-8(9)6-10;;;;/h2-7,11H,1H2;2*1H3;;. The van der Waals surface area contributed by atoms with Gasteiger partial charge < -0.3 is 0 Å². The third-order valence-electron chi connectivity index (χ3n) is 1.98. The zero-order valence-corrected chi connectivity index (χ0v) is 12.3. The molecular weight excluding hydrogens is 299 g/mol. The summed E-state index contributed by atoms with van der Waals surface area (Å²) in [7, 11) is 0. The van der Waals surface area contributed by atoms with Gasteiger partial charge in [-0.3, -0.25) is 0 Å². The van der Waals surface area contributed by atoms with Crippen molar-refractivity contribution in [3.05, 3.63) is 29.8 Å². The maximum absolute atomic E-state index is 10.7. The van der Waals surface area contributed by atoms with E-state index in [0.717, 1.165) is 10.7 Å². The summed E-state index contributed by atoms with van der Waals surface area (Å²) in [6, 6.07) is 6.93. The number of hydrogen-bond donors (Lipinski definition) is 1. The van der Waals surface area contributed by atoms with E-state index >= 15 is 0 Å². The van der Waals surface area contributed by atoms with Gasteiger partial charge in [-0.05, 0) is 0 Å². The number of hydrogen-bond acceptors (Lipinski definition) is 3. The van der Waals surface area contributed by atoms with E-state index < -0.39 is 26.0 Å². The number of carbonyl (C=O) groups is 1. The maximum atomic E-state index is 10.7. The SMILES string of the molecule is [CH3][SnH]([CH3])[CH2]C(O)Oc1ccccc1C=O. The van der Waals surface area contributed by atoms with E-state index in [9.17, 15) is 9.90 Å². The zero-order valence-electron chi connectivity index (χ0n) is 9.01. The summed E-state index contributed by atoms with van der Waals surface area (Å²) in [4.78, 5) is 15.1. The summed E-state index contributed by atoms with van der Waals surface area (Å²) in [5.41, 5.74) is 0.482. The minimum absolute atomic E-state index is 0.465. The Balaban J connectivity index is 2.67. The molecule has 1 rings (SSSR count). The minimum atomic E-state index is -1.48. The second-order valence-corrected chi connectivity index (χ2v) is 13.2. The third-order valence-corrected chi connectivity index (χ3v) is 5.82. The summed E-state index contributed by atoms with van der Waals surface area (Å²) < 4.78 is 6.08. The molecule has 0 bridgehead atoms. The molecule has 3 nitrogen and oxygen atoms in total. The van der Waals surface area contributed by atoms with E-state index in [0.29, 0.717) is 11.3 Å². The van der Waals surface area contributed by atoms with Gasteiger partial charge in [-0.2, -0.15) is 0 Å². The van der Waals surface area contributed by atoms with E-state index in [1.54, 1.807) is 24.3 Å². The number of carbonyl (C=O) groups excluding carboxylic acids is 1. The van der Waals surface area contributed by atoms with Crippen LogP contribution in [0.15, 0.2) is 24.3 Å². The molecule has 1 aromatic rings. The molecular formula is C11H16O3Sn. The molecule has 0 radical (unpaired) electrons. The Labute approximate surface area is 96.8 Å². The summed E-state index contributed by atoms with van der Waals surface area (Å²) in [6.45, 7) is 0. The number of aliphatic hydroxyl groups is 1. The quantitative estimate of drug-likeness (QED) is 0.511. The van der Waals surface area contributed by atoms with Gasteiger partial charge in [-0.25, -0.2) is 0 Å². The fourth-order valence-electron chi connectivity index (χ4n) is 1.28. The molecule has 4 heteroatoms. The molecule has 1 aromatic carbocycles. The van der Waals surface area contributed by atoms with Gasteiger partial charge in [-0.1, -0.05) is 0 Å². The monoisotopic (exact) mass is 316 g/mol. The topological polar surface area (TPSA) is 46.5 Å². The van der Waals surface area contributed by atoms with Gasteiger partial charge in [0, 0.05) is 0 Å². The van der Waals surface area contributed by atoms with Gasteiger partial charge in [-0.15, -0.1) is 0 Å². The van der Waals surface area contributed by atoms with Crippen LogP contribution in [-0.4, -0.2) is 37.4 Å². The molecule has 0 aliphatic heterocycles. The van der Waals surface area contributed by atoms with Crippen molar-refractivity contribution in [1.82, 2.24) is 0 Å². The number of aldehydes is 1. The van der Waals surface area contributed by atoms with E-state index in [2.05, 4.69) is 9.88 Å². The first-order valence-corrected chi connectivity index (χ1v) is 13.9. The molecule has 0 heterocycles. The number of benzene rings is 1. The van der Waals surface area contributed by atoms with Gasteiger partial charge >= 0.3 is 96.9 Å². The Morgan fingerprint density at radius 3 is 2.73 bits per heavy atom. The van der Waals surface area contributed by atoms with E-state index in [-0.39, 0.29) is 0 Å². The van der Waals surface area contributed by atoms with Crippen molar-refractivity contribution in [1.29, 1.82) is 0 Å². The van der Waals surface area contributed by atoms with Gasteiger partial charge in [0.25, 0.3) is 0 Å². The molecule has 82 valence electrons. The molecule has 0 aliphatic carbocycles. The molecule has 1 N–H and O–H groups in total. The Morgan fingerprint density at radius 1 is 1.47 bits per heavy atom. The Morgan fingerprint density at radius 2 is 2.13 bits per heavy atom. The van der Waals surface area contributed by atoms with Crippen molar-refractivity contribution >= 4 is 26.0 Å². The van der Waals surface area contributed by atoms with Crippen LogP contribution in [0.2, 0.25) is 14.3 Å². The first-order chi connectivity index (χ1) is 7.13. The van der Waals surface area contributed by atoms with Gasteiger partial charge in [0.2, 0.25) is 0 Å². The molecule has 15 heavy (non-hydrogen) atoms. The van der Waals surface area contributed by atoms with Crippen molar-refractivity contribution < 1.29 is 14.6 Å². The molecule has 0 amide bonds.